The topological polar surface area (TPSA) is 106 Å². The summed E-state index contributed by atoms with van der Waals surface area (Å²) in [5, 5.41) is 22.2. The maximum atomic E-state index is 11.7. The lowest BCUT2D eigenvalue weighted by Crippen LogP contribution is -2.43. The van der Waals surface area contributed by atoms with E-state index < -0.39 is 18.1 Å². The van der Waals surface area contributed by atoms with Gasteiger partial charge in [-0.25, -0.2) is 0 Å². The zero-order chi connectivity index (χ0) is 18.2. The van der Waals surface area contributed by atoms with Crippen LogP contribution >= 0.6 is 11.8 Å². The molecule has 2 unspecified atom stereocenters. The molecule has 1 amide bonds. The molecule has 0 bridgehead atoms. The zero-order valence-electron chi connectivity index (χ0n) is 14.2. The second-order valence-corrected chi connectivity index (χ2v) is 6.65. The first kappa shape index (κ1) is 19.3. The van der Waals surface area contributed by atoms with Crippen molar-refractivity contribution in [1.29, 1.82) is 0 Å². The van der Waals surface area contributed by atoms with Crippen LogP contribution in [0.25, 0.3) is 5.70 Å². The molecular formula is C17H24N4O3S. The molecule has 7 nitrogen and oxygen atoms in total. The van der Waals surface area contributed by atoms with Gasteiger partial charge in [0.05, 0.1) is 18.3 Å². The minimum Gasteiger partial charge on any atom is -0.389 e. The first-order valence-corrected chi connectivity index (χ1v) is 9.40. The van der Waals surface area contributed by atoms with Crippen molar-refractivity contribution in [3.63, 3.8) is 0 Å². The molecule has 0 aromatic heterocycles. The Balaban J connectivity index is 1.86. The van der Waals surface area contributed by atoms with Gasteiger partial charge in [-0.05, 0) is 18.4 Å². The lowest BCUT2D eigenvalue weighted by atomic mass is 10.0. The molecule has 136 valence electrons. The number of hydrogen-bond donors (Lipinski definition) is 5. The van der Waals surface area contributed by atoms with Crippen LogP contribution in [0.1, 0.15) is 17.5 Å². The van der Waals surface area contributed by atoms with E-state index in [-0.39, 0.29) is 13.1 Å². The largest absolute Gasteiger partial charge is 0.389 e. The van der Waals surface area contributed by atoms with Gasteiger partial charge in [0.2, 0.25) is 5.91 Å². The Morgan fingerprint density at radius 1 is 1.32 bits per heavy atom. The van der Waals surface area contributed by atoms with E-state index in [4.69, 9.17) is 0 Å². The van der Waals surface area contributed by atoms with Gasteiger partial charge in [0, 0.05) is 17.7 Å². The van der Waals surface area contributed by atoms with E-state index in [0.29, 0.717) is 18.0 Å². The normalized spacial score (nSPS) is 17.2. The van der Waals surface area contributed by atoms with Gasteiger partial charge in [0.15, 0.2) is 0 Å². The van der Waals surface area contributed by atoms with Crippen molar-refractivity contribution >= 4 is 29.2 Å². The Bertz CT molecular complexity index is 651. The summed E-state index contributed by atoms with van der Waals surface area (Å²) in [6, 6.07) is 7.68. The molecule has 2 rings (SSSR count). The molecule has 5 N–H and O–H groups in total. The van der Waals surface area contributed by atoms with Crippen molar-refractivity contribution in [2.24, 2.45) is 4.99 Å². The van der Waals surface area contributed by atoms with Crippen molar-refractivity contribution in [1.82, 2.24) is 16.2 Å². The molecule has 1 aromatic rings. The molecule has 0 aliphatic carbocycles. The lowest BCUT2D eigenvalue weighted by molar-refractivity contribution is -0.129. The molecule has 8 heteroatoms. The van der Waals surface area contributed by atoms with Gasteiger partial charge in [-0.3, -0.25) is 20.6 Å². The summed E-state index contributed by atoms with van der Waals surface area (Å²) in [6.45, 7) is 4.07. The van der Waals surface area contributed by atoms with Crippen LogP contribution in [0.2, 0.25) is 0 Å². The smallest absolute Gasteiger partial charge is 0.248 e. The Morgan fingerprint density at radius 3 is 2.76 bits per heavy atom. The molecule has 0 spiro atoms. The lowest BCUT2D eigenvalue weighted by Gasteiger charge is -2.23. The molecule has 0 saturated heterocycles. The summed E-state index contributed by atoms with van der Waals surface area (Å²) >= 11 is 1.56. The summed E-state index contributed by atoms with van der Waals surface area (Å²) in [6.07, 6.45) is 0.410. The summed E-state index contributed by atoms with van der Waals surface area (Å²) in [5.74, 6) is 0.835. The minimum atomic E-state index is -1.05. The van der Waals surface area contributed by atoms with Gasteiger partial charge in [-0.2, -0.15) is 11.8 Å². The third-order valence-corrected chi connectivity index (χ3v) is 4.35. The monoisotopic (exact) mass is 364 g/mol. The number of amidine groups is 1. The highest BCUT2D eigenvalue weighted by Crippen LogP contribution is 2.18. The van der Waals surface area contributed by atoms with E-state index >= 15 is 0 Å². The number of carbonyl (C=O) groups excluding carboxylic acids is 1. The number of nitrogens with one attached hydrogen (secondary N) is 3. The number of rotatable bonds is 8. The number of benzene rings is 1. The van der Waals surface area contributed by atoms with Crippen molar-refractivity contribution in [2.45, 2.75) is 18.6 Å². The number of amides is 1. The van der Waals surface area contributed by atoms with Crippen molar-refractivity contribution in [2.75, 3.05) is 25.1 Å². The molecule has 2 atom stereocenters. The summed E-state index contributed by atoms with van der Waals surface area (Å²) in [5.41, 5.74) is 8.48. The summed E-state index contributed by atoms with van der Waals surface area (Å²) in [7, 11) is 0. The van der Waals surface area contributed by atoms with Crippen LogP contribution in [0.3, 0.4) is 0 Å². The van der Waals surface area contributed by atoms with Gasteiger partial charge < -0.3 is 15.5 Å². The van der Waals surface area contributed by atoms with Crippen molar-refractivity contribution in [3.05, 3.63) is 42.0 Å². The van der Waals surface area contributed by atoms with E-state index in [0.717, 1.165) is 16.8 Å². The highest BCUT2D eigenvalue weighted by atomic mass is 32.2. The second-order valence-electron chi connectivity index (χ2n) is 5.66. The number of aliphatic hydroxyl groups is 2. The number of nitrogens with zero attached hydrogens (tertiary/aromatic N) is 1. The van der Waals surface area contributed by atoms with Crippen LogP contribution < -0.4 is 16.2 Å². The van der Waals surface area contributed by atoms with E-state index in [1.165, 1.54) is 0 Å². The molecule has 0 radical (unpaired) electrons. The molecule has 25 heavy (non-hydrogen) atoms. The first-order chi connectivity index (χ1) is 12.0. The number of aliphatic imine (C=N–C) groups is 1. The van der Waals surface area contributed by atoms with Crippen LogP contribution in [0, 0.1) is 0 Å². The average Bonchev–Trinajstić information content (AvgIpc) is 2.63. The SMILES string of the molecule is C=C1NNC(=NCC(O)CNC(=O)C(O)CCSC)c2ccccc21. The van der Waals surface area contributed by atoms with Crippen LogP contribution in [0.15, 0.2) is 35.8 Å². The standard InChI is InChI=1S/C17H24N4O3S/c1-11-13-5-3-4-6-14(13)16(21-20-11)18-9-12(22)10-19-17(24)15(23)7-8-25-2/h3-6,12,15,20,22-23H,1,7-10H2,2H3,(H,18,21)(H,19,24). The third kappa shape index (κ3) is 5.48. The predicted octanol–water partition coefficient (Wildman–Crippen LogP) is 0.103. The van der Waals surface area contributed by atoms with E-state index in [9.17, 15) is 15.0 Å². The molecule has 1 heterocycles. The molecule has 1 aliphatic heterocycles. The van der Waals surface area contributed by atoms with Crippen molar-refractivity contribution in [3.8, 4) is 0 Å². The minimum absolute atomic E-state index is 0.0354. The number of carbonyl (C=O) groups is 1. The summed E-state index contributed by atoms with van der Waals surface area (Å²) in [4.78, 5) is 16.1. The van der Waals surface area contributed by atoms with E-state index in [1.807, 2.05) is 30.5 Å². The number of hydrazine groups is 1. The number of hydrogen-bond acceptors (Lipinski definition) is 6. The van der Waals surface area contributed by atoms with Crippen LogP contribution in [-0.2, 0) is 4.79 Å². The highest BCUT2D eigenvalue weighted by molar-refractivity contribution is 7.98. The maximum Gasteiger partial charge on any atom is 0.248 e. The number of fused-ring (bicyclic) bond motifs is 1. The van der Waals surface area contributed by atoms with E-state index in [2.05, 4.69) is 27.7 Å². The fourth-order valence-corrected chi connectivity index (χ4v) is 2.76. The fraction of sp³-hybridized carbons (Fsp3) is 0.412. The Hall–Kier alpha value is -2.03. The highest BCUT2D eigenvalue weighted by Gasteiger charge is 2.18. The fourth-order valence-electron chi connectivity index (χ4n) is 2.30. The average molecular weight is 364 g/mol. The first-order valence-electron chi connectivity index (χ1n) is 8.01. The van der Waals surface area contributed by atoms with E-state index in [1.54, 1.807) is 11.8 Å². The van der Waals surface area contributed by atoms with Gasteiger partial charge in [-0.15, -0.1) is 0 Å². The van der Waals surface area contributed by atoms with Gasteiger partial charge in [0.1, 0.15) is 11.9 Å². The van der Waals surface area contributed by atoms with Crippen molar-refractivity contribution < 1.29 is 15.0 Å². The second kappa shape index (κ2) is 9.45. The maximum absolute atomic E-state index is 11.7. The number of thioether (sulfide) groups is 1. The Morgan fingerprint density at radius 2 is 2.04 bits per heavy atom. The van der Waals surface area contributed by atoms with Crippen LogP contribution in [0.5, 0.6) is 0 Å². The Kier molecular flexibility index (Phi) is 7.30. The third-order valence-electron chi connectivity index (χ3n) is 3.71. The number of aliphatic hydroxyl groups excluding tert-OH is 2. The predicted molar refractivity (Wildman–Crippen MR) is 101 cm³/mol. The molecule has 0 saturated carbocycles. The molecular weight excluding hydrogens is 340 g/mol. The summed E-state index contributed by atoms with van der Waals surface area (Å²) < 4.78 is 0. The van der Waals surface area contributed by atoms with Gasteiger partial charge >= 0.3 is 0 Å². The van der Waals surface area contributed by atoms with Crippen LogP contribution in [0.4, 0.5) is 0 Å². The molecule has 0 fully saturated rings. The van der Waals surface area contributed by atoms with Crippen LogP contribution in [-0.4, -0.2) is 59.3 Å². The molecule has 1 aromatic carbocycles. The Labute approximate surface area is 151 Å². The zero-order valence-corrected chi connectivity index (χ0v) is 15.0. The molecule has 1 aliphatic rings. The van der Waals surface area contributed by atoms with Gasteiger partial charge in [0.25, 0.3) is 0 Å². The van der Waals surface area contributed by atoms with Gasteiger partial charge in [-0.1, -0.05) is 30.8 Å². The quantitative estimate of drug-likeness (QED) is 0.448.